The van der Waals surface area contributed by atoms with Crippen LogP contribution in [0.15, 0.2) is 0 Å². The minimum absolute atomic E-state index is 0.126. The molecule has 0 spiro atoms. The molecular weight excluding hydrogens is 171 g/mol. The second-order valence-corrected chi connectivity index (χ2v) is 4.48. The first-order chi connectivity index (χ1) is 4.56. The maximum absolute atomic E-state index is 8.52. The van der Waals surface area contributed by atoms with Gasteiger partial charge >= 0.3 is 7.94 Å². The molecule has 0 fully saturated rings. The number of thiol groups is 1. The molecule has 0 unspecified atom stereocenters. The molecule has 10 heavy (non-hydrogen) atoms. The molecule has 62 valence electrons. The lowest BCUT2D eigenvalue weighted by atomic mass is 10.3. The number of rotatable bonds is 5. The van der Waals surface area contributed by atoms with Gasteiger partial charge in [-0.2, -0.15) is 27.3 Å². The highest BCUT2D eigenvalue weighted by Gasteiger charge is 2.27. The van der Waals surface area contributed by atoms with Gasteiger partial charge in [-0.3, -0.25) is 0 Å². The molecule has 0 rings (SSSR count). The molecule has 0 aromatic carbocycles. The zero-order chi connectivity index (χ0) is 8.04. The predicted molar refractivity (Wildman–Crippen MR) is 46.1 cm³/mol. The van der Waals surface area contributed by atoms with Crippen LogP contribution in [-0.2, 0) is 0 Å². The molecular formula is C5H14O3PS+. The third-order valence-corrected chi connectivity index (χ3v) is 2.35. The Labute approximate surface area is 67.1 Å². The first-order valence-electron chi connectivity index (χ1n) is 3.23. The summed E-state index contributed by atoms with van der Waals surface area (Å²) in [6.07, 6.45) is 2.65. The summed E-state index contributed by atoms with van der Waals surface area (Å²) in [5.74, 6) is 0.813. The molecule has 0 aliphatic heterocycles. The molecule has 0 atom stereocenters. The standard InChI is InChI=1S/C5H13O3PS/c6-9(7,8)4-2-1-3-5-10/h6-8H,1-5H2/p+1. The first kappa shape index (κ1) is 10.7. The SMILES string of the molecule is O[P+](O)(O)CCCCCS. The van der Waals surface area contributed by atoms with Crippen molar-refractivity contribution >= 4 is 20.6 Å². The van der Waals surface area contributed by atoms with Gasteiger partial charge in [0.15, 0.2) is 0 Å². The van der Waals surface area contributed by atoms with Crippen LogP contribution in [0.5, 0.6) is 0 Å². The van der Waals surface area contributed by atoms with E-state index < -0.39 is 7.94 Å². The van der Waals surface area contributed by atoms with Gasteiger partial charge in [0.05, 0.1) is 0 Å². The van der Waals surface area contributed by atoms with Crippen LogP contribution in [0, 0.1) is 0 Å². The molecule has 0 saturated heterocycles. The van der Waals surface area contributed by atoms with Crippen LogP contribution in [0.1, 0.15) is 19.3 Å². The molecule has 0 aromatic heterocycles. The van der Waals surface area contributed by atoms with Crippen LogP contribution >= 0.6 is 20.6 Å². The van der Waals surface area contributed by atoms with Gasteiger partial charge < -0.3 is 0 Å². The number of unbranched alkanes of at least 4 members (excludes halogenated alkanes) is 2. The molecule has 0 aromatic rings. The Balaban J connectivity index is 3.04. The zero-order valence-corrected chi connectivity index (χ0v) is 7.56. The van der Waals surface area contributed by atoms with Gasteiger partial charge in [-0.25, -0.2) is 0 Å². The van der Waals surface area contributed by atoms with E-state index in [-0.39, 0.29) is 6.16 Å². The van der Waals surface area contributed by atoms with Crippen molar-refractivity contribution < 1.29 is 14.7 Å². The molecule has 5 heteroatoms. The summed E-state index contributed by atoms with van der Waals surface area (Å²) in [6.45, 7) is 0. The summed E-state index contributed by atoms with van der Waals surface area (Å²) in [4.78, 5) is 25.6. The van der Waals surface area contributed by atoms with Crippen molar-refractivity contribution in [3.05, 3.63) is 0 Å². The average Bonchev–Trinajstić information content (AvgIpc) is 1.78. The van der Waals surface area contributed by atoms with E-state index in [1.807, 2.05) is 0 Å². The molecule has 0 bridgehead atoms. The molecule has 3 nitrogen and oxygen atoms in total. The molecule has 0 aliphatic rings. The monoisotopic (exact) mass is 185 g/mol. The van der Waals surface area contributed by atoms with Crippen LogP contribution in [0.3, 0.4) is 0 Å². The summed E-state index contributed by atoms with van der Waals surface area (Å²) in [5.41, 5.74) is 0. The molecule has 0 heterocycles. The van der Waals surface area contributed by atoms with Crippen molar-refractivity contribution in [2.45, 2.75) is 19.3 Å². The quantitative estimate of drug-likeness (QED) is 0.291. The molecule has 3 N–H and O–H groups in total. The molecule has 0 radical (unpaired) electrons. The summed E-state index contributed by atoms with van der Waals surface area (Å²) >= 11 is 3.99. The Hall–Kier alpha value is 0.660. The minimum Gasteiger partial charge on any atom is -0.193 e. The second kappa shape index (κ2) is 5.33. The summed E-state index contributed by atoms with van der Waals surface area (Å²) < 4.78 is 0. The van der Waals surface area contributed by atoms with Gasteiger partial charge in [0.1, 0.15) is 6.16 Å². The Bertz CT molecular complexity index is 83.5. The van der Waals surface area contributed by atoms with Crippen molar-refractivity contribution in [3.63, 3.8) is 0 Å². The number of hydrogen-bond donors (Lipinski definition) is 4. The van der Waals surface area contributed by atoms with Gasteiger partial charge in [-0.1, -0.05) is 0 Å². The Morgan fingerprint density at radius 3 is 2.00 bits per heavy atom. The van der Waals surface area contributed by atoms with Crippen molar-refractivity contribution in [2.24, 2.45) is 0 Å². The first-order valence-corrected chi connectivity index (χ1v) is 5.70. The highest BCUT2D eigenvalue weighted by molar-refractivity contribution is 7.80. The van der Waals surface area contributed by atoms with Gasteiger partial charge in [-0.15, -0.1) is 0 Å². The topological polar surface area (TPSA) is 60.7 Å². The second-order valence-electron chi connectivity index (χ2n) is 2.20. The van der Waals surface area contributed by atoms with Crippen LogP contribution < -0.4 is 0 Å². The normalized spacial score (nSPS) is 12.0. The number of hydrogen-bond acceptors (Lipinski definition) is 4. The van der Waals surface area contributed by atoms with E-state index >= 15 is 0 Å². The predicted octanol–water partition coefficient (Wildman–Crippen LogP) is 0.826. The largest absolute Gasteiger partial charge is 0.403 e. The fraction of sp³-hybridized carbons (Fsp3) is 1.00. The van der Waals surface area contributed by atoms with E-state index in [2.05, 4.69) is 12.6 Å². The van der Waals surface area contributed by atoms with E-state index in [1.165, 1.54) is 0 Å². The lowest BCUT2D eigenvalue weighted by Crippen LogP contribution is -1.94. The highest BCUT2D eigenvalue weighted by Crippen LogP contribution is 2.45. The smallest absolute Gasteiger partial charge is 0.193 e. The zero-order valence-electron chi connectivity index (χ0n) is 5.77. The Morgan fingerprint density at radius 1 is 1.00 bits per heavy atom. The summed E-state index contributed by atoms with van der Waals surface area (Å²) in [7, 11) is -3.48. The van der Waals surface area contributed by atoms with Gasteiger partial charge in [-0.05, 0) is 25.0 Å². The van der Waals surface area contributed by atoms with Crippen molar-refractivity contribution in [2.75, 3.05) is 11.9 Å². The lowest BCUT2D eigenvalue weighted by Gasteiger charge is -2.01. The van der Waals surface area contributed by atoms with E-state index in [9.17, 15) is 0 Å². The summed E-state index contributed by atoms with van der Waals surface area (Å²) in [5, 5.41) is 0. The van der Waals surface area contributed by atoms with E-state index in [0.717, 1.165) is 18.6 Å². The molecule has 0 amide bonds. The van der Waals surface area contributed by atoms with E-state index in [4.69, 9.17) is 14.7 Å². The van der Waals surface area contributed by atoms with Crippen molar-refractivity contribution in [1.29, 1.82) is 0 Å². The third-order valence-electron chi connectivity index (χ3n) is 1.12. The fourth-order valence-electron chi connectivity index (χ4n) is 0.613. The molecule has 0 saturated carbocycles. The highest BCUT2D eigenvalue weighted by atomic mass is 32.1. The van der Waals surface area contributed by atoms with Crippen LogP contribution in [0.25, 0.3) is 0 Å². The van der Waals surface area contributed by atoms with Gasteiger partial charge in [0.2, 0.25) is 0 Å². The van der Waals surface area contributed by atoms with Crippen LogP contribution in [0.2, 0.25) is 0 Å². The van der Waals surface area contributed by atoms with Crippen LogP contribution in [0.4, 0.5) is 0 Å². The van der Waals surface area contributed by atoms with Gasteiger partial charge in [0, 0.05) is 0 Å². The van der Waals surface area contributed by atoms with Crippen LogP contribution in [-0.4, -0.2) is 26.6 Å². The maximum Gasteiger partial charge on any atom is 0.403 e. The third kappa shape index (κ3) is 8.66. The minimum atomic E-state index is -3.48. The Morgan fingerprint density at radius 2 is 1.60 bits per heavy atom. The lowest BCUT2D eigenvalue weighted by molar-refractivity contribution is 0.329. The Kier molecular flexibility index (Phi) is 5.68. The van der Waals surface area contributed by atoms with Gasteiger partial charge in [0.25, 0.3) is 0 Å². The average molecular weight is 185 g/mol. The van der Waals surface area contributed by atoms with E-state index in [1.54, 1.807) is 0 Å². The van der Waals surface area contributed by atoms with Crippen molar-refractivity contribution in [1.82, 2.24) is 0 Å². The summed E-state index contributed by atoms with van der Waals surface area (Å²) in [6, 6.07) is 0. The van der Waals surface area contributed by atoms with E-state index in [0.29, 0.717) is 6.42 Å². The maximum atomic E-state index is 8.52. The fourth-order valence-corrected chi connectivity index (χ4v) is 1.48. The van der Waals surface area contributed by atoms with Crippen molar-refractivity contribution in [3.8, 4) is 0 Å². The molecule has 0 aliphatic carbocycles.